The fraction of sp³-hybridized carbons (Fsp3) is 0.348. The third-order valence-electron chi connectivity index (χ3n) is 5.11. The largest absolute Gasteiger partial charge is 0.480 e. The van der Waals surface area contributed by atoms with Gasteiger partial charge in [-0.3, -0.25) is 9.78 Å². The number of hydrogen-bond acceptors (Lipinski definition) is 6. The molecule has 0 fully saturated rings. The van der Waals surface area contributed by atoms with Gasteiger partial charge in [-0.15, -0.1) is 0 Å². The average molecular weight is 472 g/mol. The Bertz CT molecular complexity index is 1200. The molecule has 1 atom stereocenters. The third-order valence-corrected chi connectivity index (χ3v) is 7.09. The summed E-state index contributed by atoms with van der Waals surface area (Å²) in [5.41, 5.74) is 1.46. The summed E-state index contributed by atoms with van der Waals surface area (Å²) in [6.07, 6.45) is 5.17. The molecule has 1 aromatic carbocycles. The van der Waals surface area contributed by atoms with Gasteiger partial charge in [0, 0.05) is 47.1 Å². The molecule has 0 aliphatic rings. The second-order valence-electron chi connectivity index (χ2n) is 8.31. The number of aliphatic carboxylic acids is 1. The number of benzene rings is 1. The SMILES string of the molecule is CC(C)N(C(C)C)S(=O)(=O)N[C@@H](Cc1ccc(Nc2nccc3cnccc23)cc1)C(=O)O. The van der Waals surface area contributed by atoms with Crippen molar-refractivity contribution in [2.75, 3.05) is 5.32 Å². The molecule has 0 aliphatic carbocycles. The van der Waals surface area contributed by atoms with Gasteiger partial charge in [0.25, 0.3) is 10.2 Å². The Balaban J connectivity index is 1.75. The number of aromatic nitrogens is 2. The van der Waals surface area contributed by atoms with Crippen molar-refractivity contribution >= 4 is 38.5 Å². The predicted molar refractivity (Wildman–Crippen MR) is 129 cm³/mol. The second-order valence-corrected chi connectivity index (χ2v) is 9.92. The predicted octanol–water partition coefficient (Wildman–Crippen LogP) is 3.32. The van der Waals surface area contributed by atoms with Gasteiger partial charge in [-0.05, 0) is 63.9 Å². The molecule has 0 spiro atoms. The molecule has 0 bridgehead atoms. The van der Waals surface area contributed by atoms with Crippen molar-refractivity contribution < 1.29 is 18.3 Å². The van der Waals surface area contributed by atoms with Crippen LogP contribution < -0.4 is 10.0 Å². The van der Waals surface area contributed by atoms with Gasteiger partial charge >= 0.3 is 5.97 Å². The van der Waals surface area contributed by atoms with E-state index in [4.69, 9.17) is 0 Å². The summed E-state index contributed by atoms with van der Waals surface area (Å²) in [7, 11) is -3.98. The quantitative estimate of drug-likeness (QED) is 0.414. The average Bonchev–Trinajstić information content (AvgIpc) is 2.73. The van der Waals surface area contributed by atoms with Crippen LogP contribution in [-0.4, -0.2) is 51.9 Å². The van der Waals surface area contributed by atoms with Gasteiger partial charge in [-0.2, -0.15) is 17.4 Å². The van der Waals surface area contributed by atoms with E-state index in [-0.39, 0.29) is 18.5 Å². The molecule has 2 heterocycles. The van der Waals surface area contributed by atoms with Crippen molar-refractivity contribution in [3.8, 4) is 0 Å². The normalized spacial score (nSPS) is 13.1. The zero-order valence-electron chi connectivity index (χ0n) is 19.1. The van der Waals surface area contributed by atoms with Crippen LogP contribution in [0, 0.1) is 0 Å². The molecule has 0 aliphatic heterocycles. The van der Waals surface area contributed by atoms with Crippen molar-refractivity contribution in [2.45, 2.75) is 52.2 Å². The maximum absolute atomic E-state index is 12.8. The summed E-state index contributed by atoms with van der Waals surface area (Å²) >= 11 is 0. The molecule has 0 saturated heterocycles. The summed E-state index contributed by atoms with van der Waals surface area (Å²) in [5.74, 6) is -0.553. The van der Waals surface area contributed by atoms with E-state index in [2.05, 4.69) is 20.0 Å². The zero-order chi connectivity index (χ0) is 24.2. The van der Waals surface area contributed by atoms with Crippen LogP contribution in [0.25, 0.3) is 10.8 Å². The Morgan fingerprint density at radius 3 is 2.30 bits per heavy atom. The molecule has 33 heavy (non-hydrogen) atoms. The third kappa shape index (κ3) is 6.04. The highest BCUT2D eigenvalue weighted by Gasteiger charge is 2.32. The molecule has 0 radical (unpaired) electrons. The molecule has 2 aromatic heterocycles. The number of nitrogens with zero attached hydrogens (tertiary/aromatic N) is 3. The van der Waals surface area contributed by atoms with Crippen molar-refractivity contribution in [2.24, 2.45) is 0 Å². The molecule has 10 heteroatoms. The molecule has 176 valence electrons. The lowest BCUT2D eigenvalue weighted by Crippen LogP contribution is -2.53. The fourth-order valence-electron chi connectivity index (χ4n) is 3.78. The number of fused-ring (bicyclic) bond motifs is 1. The summed E-state index contributed by atoms with van der Waals surface area (Å²) < 4.78 is 29.2. The molecule has 0 unspecified atom stereocenters. The standard InChI is InChI=1S/C23H29N5O4S/c1-15(2)28(16(3)4)33(31,32)27-21(23(29)30)13-17-5-7-19(8-6-17)26-22-20-10-11-24-14-18(20)9-12-25-22/h5-12,14-16,21,27H,13H2,1-4H3,(H,25,26)(H,29,30)/t21-/m0/s1. The Labute approximate surface area is 194 Å². The molecular weight excluding hydrogens is 442 g/mol. The monoisotopic (exact) mass is 471 g/mol. The summed E-state index contributed by atoms with van der Waals surface area (Å²) in [4.78, 5) is 20.3. The van der Waals surface area contributed by atoms with Crippen LogP contribution in [0.4, 0.5) is 11.5 Å². The lowest BCUT2D eigenvalue weighted by molar-refractivity contribution is -0.139. The molecule has 3 N–H and O–H groups in total. The first kappa shape index (κ1) is 24.6. The number of carboxylic acid groups (broad SMARTS) is 1. The highest BCUT2D eigenvalue weighted by Crippen LogP contribution is 2.24. The lowest BCUT2D eigenvalue weighted by atomic mass is 10.1. The van der Waals surface area contributed by atoms with E-state index >= 15 is 0 Å². The van der Waals surface area contributed by atoms with E-state index in [1.165, 1.54) is 4.31 Å². The minimum atomic E-state index is -3.98. The minimum absolute atomic E-state index is 0.0110. The van der Waals surface area contributed by atoms with Crippen LogP contribution in [-0.2, 0) is 21.4 Å². The fourth-order valence-corrected chi connectivity index (χ4v) is 5.56. The van der Waals surface area contributed by atoms with E-state index in [1.807, 2.05) is 12.1 Å². The van der Waals surface area contributed by atoms with Gasteiger partial charge in [0.2, 0.25) is 0 Å². The number of nitrogens with one attached hydrogen (secondary N) is 2. The Hall–Kier alpha value is -3.08. The molecule has 0 saturated carbocycles. The van der Waals surface area contributed by atoms with Gasteiger partial charge in [0.15, 0.2) is 0 Å². The van der Waals surface area contributed by atoms with Crippen LogP contribution in [0.5, 0.6) is 0 Å². The lowest BCUT2D eigenvalue weighted by Gasteiger charge is -2.30. The van der Waals surface area contributed by atoms with Crippen LogP contribution in [0.1, 0.15) is 33.3 Å². The molecule has 9 nitrogen and oxygen atoms in total. The Morgan fingerprint density at radius 2 is 1.70 bits per heavy atom. The van der Waals surface area contributed by atoms with Gasteiger partial charge in [-0.1, -0.05) is 12.1 Å². The van der Waals surface area contributed by atoms with Crippen LogP contribution in [0.15, 0.2) is 55.0 Å². The number of anilines is 2. The Kier molecular flexibility index (Phi) is 7.62. The van der Waals surface area contributed by atoms with E-state index in [9.17, 15) is 18.3 Å². The maximum Gasteiger partial charge on any atom is 0.322 e. The molecular formula is C23H29N5O4S. The first-order valence-corrected chi connectivity index (χ1v) is 12.1. The van der Waals surface area contributed by atoms with E-state index in [1.54, 1.807) is 70.6 Å². The number of rotatable bonds is 10. The van der Waals surface area contributed by atoms with E-state index in [0.717, 1.165) is 16.5 Å². The number of pyridine rings is 2. The number of carbonyl (C=O) groups is 1. The first-order valence-electron chi connectivity index (χ1n) is 10.7. The Morgan fingerprint density at radius 1 is 1.03 bits per heavy atom. The summed E-state index contributed by atoms with van der Waals surface area (Å²) in [6, 6.07) is 8.99. The molecule has 3 aromatic rings. The molecule has 0 amide bonds. The smallest absolute Gasteiger partial charge is 0.322 e. The van der Waals surface area contributed by atoms with E-state index in [0.29, 0.717) is 11.4 Å². The van der Waals surface area contributed by atoms with Crippen LogP contribution in [0.2, 0.25) is 0 Å². The van der Waals surface area contributed by atoms with Crippen LogP contribution in [0.3, 0.4) is 0 Å². The summed E-state index contributed by atoms with van der Waals surface area (Å²) in [5, 5.41) is 14.8. The van der Waals surface area contributed by atoms with Crippen molar-refractivity contribution in [1.82, 2.24) is 19.0 Å². The molecule has 3 rings (SSSR count). The van der Waals surface area contributed by atoms with Crippen LogP contribution >= 0.6 is 0 Å². The minimum Gasteiger partial charge on any atom is -0.480 e. The second kappa shape index (κ2) is 10.2. The van der Waals surface area contributed by atoms with Gasteiger partial charge < -0.3 is 10.4 Å². The maximum atomic E-state index is 12.8. The highest BCUT2D eigenvalue weighted by atomic mass is 32.2. The van der Waals surface area contributed by atoms with E-state index < -0.39 is 22.2 Å². The van der Waals surface area contributed by atoms with Crippen molar-refractivity contribution in [3.63, 3.8) is 0 Å². The topological polar surface area (TPSA) is 125 Å². The highest BCUT2D eigenvalue weighted by molar-refractivity contribution is 7.87. The van der Waals surface area contributed by atoms with Gasteiger partial charge in [0.05, 0.1) is 0 Å². The zero-order valence-corrected chi connectivity index (χ0v) is 19.9. The van der Waals surface area contributed by atoms with Gasteiger partial charge in [-0.25, -0.2) is 4.98 Å². The number of hydrogen-bond donors (Lipinski definition) is 3. The summed E-state index contributed by atoms with van der Waals surface area (Å²) in [6.45, 7) is 7.01. The van der Waals surface area contributed by atoms with Gasteiger partial charge in [0.1, 0.15) is 11.9 Å². The number of carboxylic acids is 1. The van der Waals surface area contributed by atoms with Crippen molar-refractivity contribution in [1.29, 1.82) is 0 Å². The van der Waals surface area contributed by atoms with Crippen molar-refractivity contribution in [3.05, 3.63) is 60.6 Å². The first-order chi connectivity index (χ1) is 15.6.